The number of carbonyl (C=O) groups is 1. The van der Waals surface area contributed by atoms with Crippen LogP contribution in [-0.2, 0) is 37.9 Å². The Balaban J connectivity index is 1.77. The number of carbonyl (C=O) groups excluding carboxylic acids is 1. The first-order valence-electron chi connectivity index (χ1n) is 16.9. The molecule has 5 aliphatic rings. The van der Waals surface area contributed by atoms with Gasteiger partial charge in [0.2, 0.25) is 0 Å². The molecule has 0 saturated carbocycles. The molecule has 15 atom stereocenters. The van der Waals surface area contributed by atoms with Gasteiger partial charge in [0.15, 0.2) is 18.0 Å². The third-order valence-electron chi connectivity index (χ3n) is 10.9. The van der Waals surface area contributed by atoms with Crippen LogP contribution in [0.15, 0.2) is 12.3 Å². The number of fused-ring (bicyclic) bond motifs is 9. The molecule has 0 aliphatic carbocycles. The van der Waals surface area contributed by atoms with Crippen LogP contribution in [0.3, 0.4) is 0 Å². The van der Waals surface area contributed by atoms with Gasteiger partial charge in [-0.3, -0.25) is 4.90 Å². The van der Waals surface area contributed by atoms with Crippen LogP contribution in [-0.4, -0.2) is 129 Å². The molecule has 46 heavy (non-hydrogen) atoms. The molecule has 5 heterocycles. The van der Waals surface area contributed by atoms with E-state index < -0.39 is 54.2 Å². The largest absolute Gasteiger partial charge is 0.509 e. The third kappa shape index (κ3) is 7.54. The predicted molar refractivity (Wildman–Crippen MR) is 171 cm³/mol. The first-order valence-corrected chi connectivity index (χ1v) is 16.9. The third-order valence-corrected chi connectivity index (χ3v) is 10.9. The molecule has 12 heteroatoms. The maximum atomic E-state index is 12.6. The summed E-state index contributed by atoms with van der Waals surface area (Å²) in [5, 5.41) is 11.5. The van der Waals surface area contributed by atoms with E-state index in [4.69, 9.17) is 37.9 Å². The second kappa shape index (κ2) is 14.9. The summed E-state index contributed by atoms with van der Waals surface area (Å²) in [6.07, 6.45) is -2.71. The van der Waals surface area contributed by atoms with Gasteiger partial charge in [0, 0.05) is 43.5 Å². The number of likely N-dealkylation sites (N-methyl/N-ethyl adjacent to an activating group) is 1. The molecule has 0 amide bonds. The lowest BCUT2D eigenvalue weighted by molar-refractivity contribution is -0.315. The first-order chi connectivity index (χ1) is 21.6. The Kier molecular flexibility index (Phi) is 12.1. The van der Waals surface area contributed by atoms with Crippen molar-refractivity contribution in [2.75, 3.05) is 41.3 Å². The summed E-state index contributed by atoms with van der Waals surface area (Å²) in [6.45, 7) is 21.7. The summed E-state index contributed by atoms with van der Waals surface area (Å²) in [7, 11) is 5.51. The van der Waals surface area contributed by atoms with Gasteiger partial charge in [-0.15, -0.1) is 0 Å². The maximum Gasteiger partial charge on any atom is 0.509 e. The number of methoxy groups -OCH3 is 1. The van der Waals surface area contributed by atoms with Gasteiger partial charge >= 0.3 is 6.16 Å². The minimum atomic E-state index is -1.03. The molecule has 0 spiro atoms. The van der Waals surface area contributed by atoms with Crippen molar-refractivity contribution in [1.82, 2.24) is 9.80 Å². The van der Waals surface area contributed by atoms with E-state index in [2.05, 4.69) is 39.2 Å². The molecule has 5 aliphatic heterocycles. The Labute approximate surface area is 275 Å². The van der Waals surface area contributed by atoms with Crippen molar-refractivity contribution in [3.05, 3.63) is 12.3 Å². The second-order valence-electron chi connectivity index (χ2n) is 14.8. The zero-order chi connectivity index (χ0) is 34.1. The van der Waals surface area contributed by atoms with Crippen molar-refractivity contribution in [2.45, 2.75) is 141 Å². The zero-order valence-electron chi connectivity index (χ0n) is 29.9. The molecule has 0 aromatic rings. The number of rotatable bonds is 7. The number of ether oxygens (including phenoxy) is 8. The SMILES string of the molecule is C=C1O[C@H](CC)[C@@]2(C)OC(=O)O[C@@H]2[C@@H](C)CN2CO[C@](C)(C[C@H]2C)[C@H](O[C@@H]2O[C@H](C)C[C@H](N(C)C)[C@H]2O)[C@@H](C)[C@H](OCOC)[C@H]1C. The number of hydrogen-bond donors (Lipinski definition) is 1. The standard InChI is InChI=1S/C34H60N2O10/c1-13-26-34(9)29(45-32(38)46-34)19(2)16-36-17-41-33(8,15-20(36)3)30(23(6)28(40-18-39-12)22(5)24(7)43-26)44-31-27(37)25(35(10)11)14-21(4)42-31/h19-23,25-31,37H,7,13-18H2,1-6,8-12H3/t19-,20+,21+,22-,23-,25-,26+,27+,28+,29+,30+,31-,33+,34+/m0/s1. The molecule has 0 aromatic carbocycles. The predicted octanol–water partition coefficient (Wildman–Crippen LogP) is 4.14. The Hall–Kier alpha value is -1.51. The molecular formula is C34H60N2O10. The van der Waals surface area contributed by atoms with Crippen LogP contribution < -0.4 is 0 Å². The van der Waals surface area contributed by atoms with Gasteiger partial charge in [-0.1, -0.05) is 34.3 Å². The van der Waals surface area contributed by atoms with E-state index in [1.54, 1.807) is 7.11 Å². The molecule has 5 rings (SSSR count). The molecule has 2 bridgehead atoms. The summed E-state index contributed by atoms with van der Waals surface area (Å²) in [5.74, 6) is -0.217. The van der Waals surface area contributed by atoms with Gasteiger partial charge in [-0.2, -0.15) is 0 Å². The zero-order valence-corrected chi connectivity index (χ0v) is 29.9. The van der Waals surface area contributed by atoms with Crippen LogP contribution in [0.4, 0.5) is 4.79 Å². The van der Waals surface area contributed by atoms with Crippen molar-refractivity contribution in [3.8, 4) is 0 Å². The molecule has 5 fully saturated rings. The highest BCUT2D eigenvalue weighted by Crippen LogP contribution is 2.43. The monoisotopic (exact) mass is 656 g/mol. The van der Waals surface area contributed by atoms with Crippen LogP contribution >= 0.6 is 0 Å². The van der Waals surface area contributed by atoms with E-state index in [-0.39, 0.29) is 42.7 Å². The maximum absolute atomic E-state index is 12.6. The highest BCUT2D eigenvalue weighted by molar-refractivity contribution is 5.63. The second-order valence-corrected chi connectivity index (χ2v) is 14.8. The average Bonchev–Trinajstić information content (AvgIpc) is 3.31. The lowest BCUT2D eigenvalue weighted by Gasteiger charge is -2.52. The fourth-order valence-corrected chi connectivity index (χ4v) is 8.21. The summed E-state index contributed by atoms with van der Waals surface area (Å²) in [5.41, 5.74) is -1.80. The molecular weight excluding hydrogens is 596 g/mol. The van der Waals surface area contributed by atoms with Crippen molar-refractivity contribution in [1.29, 1.82) is 0 Å². The fourth-order valence-electron chi connectivity index (χ4n) is 8.21. The molecule has 1 unspecified atom stereocenters. The van der Waals surface area contributed by atoms with Crippen molar-refractivity contribution in [3.63, 3.8) is 0 Å². The highest BCUT2D eigenvalue weighted by Gasteiger charge is 2.57. The molecule has 12 nitrogen and oxygen atoms in total. The van der Waals surface area contributed by atoms with Crippen molar-refractivity contribution in [2.24, 2.45) is 17.8 Å². The minimum Gasteiger partial charge on any atom is -0.491 e. The van der Waals surface area contributed by atoms with Crippen molar-refractivity contribution < 1.29 is 47.8 Å². The highest BCUT2D eigenvalue weighted by atomic mass is 16.8. The lowest BCUT2D eigenvalue weighted by Crippen LogP contribution is -2.63. The number of hydrogen-bond acceptors (Lipinski definition) is 12. The van der Waals surface area contributed by atoms with E-state index in [1.807, 2.05) is 46.7 Å². The van der Waals surface area contributed by atoms with Gasteiger partial charge in [0.05, 0.1) is 29.7 Å². The Morgan fingerprint density at radius 1 is 1.13 bits per heavy atom. The first kappa shape index (κ1) is 37.3. The quantitative estimate of drug-likeness (QED) is 0.314. The van der Waals surface area contributed by atoms with Crippen LogP contribution in [0.1, 0.15) is 74.7 Å². The molecule has 0 aromatic heterocycles. The van der Waals surface area contributed by atoms with E-state index in [1.165, 1.54) is 0 Å². The lowest BCUT2D eigenvalue weighted by atomic mass is 9.77. The summed E-state index contributed by atoms with van der Waals surface area (Å²) >= 11 is 0. The van der Waals surface area contributed by atoms with Gasteiger partial charge in [-0.05, 0) is 61.1 Å². The summed E-state index contributed by atoms with van der Waals surface area (Å²) in [4.78, 5) is 16.9. The van der Waals surface area contributed by atoms with E-state index in [0.29, 0.717) is 38.3 Å². The summed E-state index contributed by atoms with van der Waals surface area (Å²) < 4.78 is 50.0. The Morgan fingerprint density at radius 3 is 2.43 bits per heavy atom. The molecule has 5 saturated heterocycles. The van der Waals surface area contributed by atoms with E-state index in [0.717, 1.165) is 0 Å². The number of nitrogens with zero attached hydrogens (tertiary/aromatic N) is 2. The van der Waals surface area contributed by atoms with Crippen LogP contribution in [0, 0.1) is 17.8 Å². The van der Waals surface area contributed by atoms with Gasteiger partial charge in [-0.25, -0.2) is 4.79 Å². The fraction of sp³-hybridized carbons (Fsp3) is 0.912. The van der Waals surface area contributed by atoms with Gasteiger partial charge in [0.1, 0.15) is 25.7 Å². The van der Waals surface area contributed by atoms with E-state index >= 15 is 0 Å². The van der Waals surface area contributed by atoms with Crippen molar-refractivity contribution >= 4 is 6.16 Å². The Morgan fingerprint density at radius 2 is 1.83 bits per heavy atom. The van der Waals surface area contributed by atoms with E-state index in [9.17, 15) is 9.90 Å². The smallest absolute Gasteiger partial charge is 0.491 e. The average molecular weight is 657 g/mol. The normalized spacial score (nSPS) is 47.4. The van der Waals surface area contributed by atoms with Gasteiger partial charge < -0.3 is 47.9 Å². The topological polar surface area (TPSA) is 118 Å². The molecule has 0 radical (unpaired) electrons. The minimum absolute atomic E-state index is 0.0450. The number of aliphatic hydroxyl groups excluding tert-OH is 1. The summed E-state index contributed by atoms with van der Waals surface area (Å²) in [6, 6.07) is -0.0263. The van der Waals surface area contributed by atoms with Crippen LogP contribution in [0.2, 0.25) is 0 Å². The number of aliphatic hydroxyl groups is 1. The Bertz CT molecular complexity index is 1050. The molecule has 1 N–H and O–H groups in total. The van der Waals surface area contributed by atoms with Gasteiger partial charge in [0.25, 0.3) is 0 Å². The van der Waals surface area contributed by atoms with Crippen LogP contribution in [0.5, 0.6) is 0 Å². The van der Waals surface area contributed by atoms with Crippen LogP contribution in [0.25, 0.3) is 0 Å². The molecule has 266 valence electrons.